The number of hydrogen-bond donors (Lipinski definition) is 2. The summed E-state index contributed by atoms with van der Waals surface area (Å²) in [6.07, 6.45) is 0. The molecule has 0 fully saturated rings. The van der Waals surface area contributed by atoms with E-state index in [1.165, 1.54) is 25.1 Å². The predicted molar refractivity (Wildman–Crippen MR) is 69.6 cm³/mol. The van der Waals surface area contributed by atoms with Gasteiger partial charge in [-0.2, -0.15) is 0 Å². The molecule has 0 aromatic heterocycles. The highest BCUT2D eigenvalue weighted by molar-refractivity contribution is 5.77. The van der Waals surface area contributed by atoms with Crippen LogP contribution in [0, 0.1) is 5.82 Å². The molecule has 0 amide bonds. The van der Waals surface area contributed by atoms with Crippen LogP contribution in [0.1, 0.15) is 18.4 Å². The van der Waals surface area contributed by atoms with E-state index in [2.05, 4.69) is 0 Å². The Morgan fingerprint density at radius 2 is 1.84 bits per heavy atom. The van der Waals surface area contributed by atoms with Crippen molar-refractivity contribution in [3.63, 3.8) is 0 Å². The number of phenolic OH excluding ortho intramolecular Hbond substituents is 1. The molecule has 1 atom stereocenters. The highest BCUT2D eigenvalue weighted by Crippen LogP contribution is 2.32. The molecule has 2 N–H and O–H groups in total. The Balaban J connectivity index is 2.46. The Hall–Kier alpha value is -2.36. The van der Waals surface area contributed by atoms with Crippen LogP contribution in [0.5, 0.6) is 5.75 Å². The van der Waals surface area contributed by atoms with Crippen molar-refractivity contribution in [1.29, 1.82) is 0 Å². The molecule has 98 valence electrons. The number of benzene rings is 2. The van der Waals surface area contributed by atoms with Gasteiger partial charge in [0.15, 0.2) is 0 Å². The number of phenols is 1. The summed E-state index contributed by atoms with van der Waals surface area (Å²) >= 11 is 0. The number of halogens is 1. The van der Waals surface area contributed by atoms with Gasteiger partial charge in [-0.25, -0.2) is 4.39 Å². The molecule has 1 unspecified atom stereocenters. The van der Waals surface area contributed by atoms with Crippen molar-refractivity contribution in [3.05, 3.63) is 53.8 Å². The van der Waals surface area contributed by atoms with Crippen molar-refractivity contribution in [3.8, 4) is 16.9 Å². The van der Waals surface area contributed by atoms with E-state index in [0.29, 0.717) is 11.1 Å². The number of aliphatic carboxylic acids is 1. The van der Waals surface area contributed by atoms with Crippen LogP contribution in [0.2, 0.25) is 0 Å². The Bertz CT molecular complexity index is 623. The second-order valence-corrected chi connectivity index (χ2v) is 4.32. The maximum absolute atomic E-state index is 14.0. The zero-order valence-corrected chi connectivity index (χ0v) is 10.3. The molecule has 0 spiro atoms. The summed E-state index contributed by atoms with van der Waals surface area (Å²) in [6, 6.07) is 10.7. The molecule has 0 saturated carbocycles. The normalized spacial score (nSPS) is 12.1. The van der Waals surface area contributed by atoms with Crippen LogP contribution in [0.3, 0.4) is 0 Å². The molecule has 0 aliphatic carbocycles. The third kappa shape index (κ3) is 2.57. The predicted octanol–water partition coefficient (Wildman–Crippen LogP) is 3.39. The molecule has 0 saturated heterocycles. The number of para-hydroxylation sites is 1. The van der Waals surface area contributed by atoms with Crippen molar-refractivity contribution in [2.45, 2.75) is 12.8 Å². The van der Waals surface area contributed by atoms with Gasteiger partial charge in [-0.05, 0) is 24.6 Å². The molecule has 2 aromatic rings. The van der Waals surface area contributed by atoms with Crippen molar-refractivity contribution in [2.24, 2.45) is 0 Å². The first kappa shape index (κ1) is 13.1. The summed E-state index contributed by atoms with van der Waals surface area (Å²) < 4.78 is 14.0. The zero-order valence-electron chi connectivity index (χ0n) is 10.3. The van der Waals surface area contributed by atoms with Crippen LogP contribution < -0.4 is 0 Å². The first-order chi connectivity index (χ1) is 9.00. The molecule has 2 rings (SSSR count). The van der Waals surface area contributed by atoms with E-state index in [1.807, 2.05) is 0 Å². The van der Waals surface area contributed by atoms with Gasteiger partial charge < -0.3 is 10.2 Å². The van der Waals surface area contributed by atoms with Crippen LogP contribution in [0.4, 0.5) is 4.39 Å². The number of aromatic hydroxyl groups is 1. The number of carboxylic acids is 1. The first-order valence-electron chi connectivity index (χ1n) is 5.81. The van der Waals surface area contributed by atoms with Crippen LogP contribution in [0.15, 0.2) is 42.5 Å². The monoisotopic (exact) mass is 260 g/mol. The van der Waals surface area contributed by atoms with Gasteiger partial charge in [-0.15, -0.1) is 0 Å². The van der Waals surface area contributed by atoms with Gasteiger partial charge in [-0.1, -0.05) is 30.3 Å². The molecule has 19 heavy (non-hydrogen) atoms. The lowest BCUT2D eigenvalue weighted by atomic mass is 9.96. The van der Waals surface area contributed by atoms with E-state index in [4.69, 9.17) is 5.11 Å². The van der Waals surface area contributed by atoms with Crippen molar-refractivity contribution >= 4 is 5.97 Å². The fourth-order valence-electron chi connectivity index (χ4n) is 1.86. The Labute approximate surface area is 109 Å². The van der Waals surface area contributed by atoms with Gasteiger partial charge >= 0.3 is 5.97 Å². The molecular weight excluding hydrogens is 247 g/mol. The highest BCUT2D eigenvalue weighted by atomic mass is 19.1. The van der Waals surface area contributed by atoms with Gasteiger partial charge in [0.25, 0.3) is 0 Å². The summed E-state index contributed by atoms with van der Waals surface area (Å²) in [5.74, 6) is -2.34. The molecule has 2 aromatic carbocycles. The molecule has 0 aliphatic rings. The lowest BCUT2D eigenvalue weighted by Crippen LogP contribution is -2.07. The number of rotatable bonds is 3. The lowest BCUT2D eigenvalue weighted by molar-refractivity contribution is -0.138. The van der Waals surface area contributed by atoms with Crippen LogP contribution in [-0.4, -0.2) is 16.2 Å². The molecule has 0 heterocycles. The maximum Gasteiger partial charge on any atom is 0.310 e. The summed E-state index contributed by atoms with van der Waals surface area (Å²) in [7, 11) is 0. The highest BCUT2D eigenvalue weighted by Gasteiger charge is 2.16. The minimum absolute atomic E-state index is 0.0135. The molecule has 0 bridgehead atoms. The summed E-state index contributed by atoms with van der Waals surface area (Å²) in [5.41, 5.74) is 1.03. The van der Waals surface area contributed by atoms with Crippen LogP contribution >= 0.6 is 0 Å². The van der Waals surface area contributed by atoms with Crippen LogP contribution in [0.25, 0.3) is 11.1 Å². The molecule has 0 radical (unpaired) electrons. The second kappa shape index (κ2) is 5.10. The number of carbonyl (C=O) groups is 1. The third-order valence-corrected chi connectivity index (χ3v) is 3.06. The average Bonchev–Trinajstić information content (AvgIpc) is 2.38. The van der Waals surface area contributed by atoms with E-state index in [1.54, 1.807) is 24.3 Å². The number of hydrogen-bond acceptors (Lipinski definition) is 2. The average molecular weight is 260 g/mol. The van der Waals surface area contributed by atoms with Gasteiger partial charge in [0, 0.05) is 11.1 Å². The minimum atomic E-state index is -1.00. The van der Waals surface area contributed by atoms with E-state index in [-0.39, 0.29) is 11.3 Å². The van der Waals surface area contributed by atoms with E-state index in [9.17, 15) is 14.3 Å². The Morgan fingerprint density at radius 3 is 2.42 bits per heavy atom. The minimum Gasteiger partial charge on any atom is -0.507 e. The second-order valence-electron chi connectivity index (χ2n) is 4.32. The topological polar surface area (TPSA) is 57.5 Å². The van der Waals surface area contributed by atoms with E-state index >= 15 is 0 Å². The number of carboxylic acid groups (broad SMARTS) is 1. The smallest absolute Gasteiger partial charge is 0.310 e. The summed E-state index contributed by atoms with van der Waals surface area (Å²) in [5, 5.41) is 18.6. The van der Waals surface area contributed by atoms with Crippen molar-refractivity contribution in [2.75, 3.05) is 0 Å². The van der Waals surface area contributed by atoms with Gasteiger partial charge in [0.05, 0.1) is 5.92 Å². The third-order valence-electron chi connectivity index (χ3n) is 3.06. The van der Waals surface area contributed by atoms with E-state index in [0.717, 1.165) is 0 Å². The van der Waals surface area contributed by atoms with Crippen molar-refractivity contribution in [1.82, 2.24) is 0 Å². The molecule has 3 nitrogen and oxygen atoms in total. The standard InChI is InChI=1S/C15H13FO3/c1-9(15(18)19)10-6-7-11(13(16)8-10)12-4-2-3-5-14(12)17/h2-9,17H,1H3,(H,18,19). The molecule has 4 heteroatoms. The fraction of sp³-hybridized carbons (Fsp3) is 0.133. The summed E-state index contributed by atoms with van der Waals surface area (Å²) in [6.45, 7) is 1.50. The molecular formula is C15H13FO3. The lowest BCUT2D eigenvalue weighted by Gasteiger charge is -2.10. The molecule has 0 aliphatic heterocycles. The van der Waals surface area contributed by atoms with Gasteiger partial charge in [-0.3, -0.25) is 4.79 Å². The fourth-order valence-corrected chi connectivity index (χ4v) is 1.86. The van der Waals surface area contributed by atoms with Gasteiger partial charge in [0.1, 0.15) is 11.6 Å². The Morgan fingerprint density at radius 1 is 1.16 bits per heavy atom. The first-order valence-corrected chi connectivity index (χ1v) is 5.81. The van der Waals surface area contributed by atoms with E-state index < -0.39 is 17.7 Å². The maximum atomic E-state index is 14.0. The quantitative estimate of drug-likeness (QED) is 0.889. The Kier molecular flexibility index (Phi) is 3.51. The zero-order chi connectivity index (χ0) is 14.0. The van der Waals surface area contributed by atoms with Crippen LogP contribution in [-0.2, 0) is 4.79 Å². The SMILES string of the molecule is CC(C(=O)O)c1ccc(-c2ccccc2O)c(F)c1. The summed E-state index contributed by atoms with van der Waals surface area (Å²) in [4.78, 5) is 10.9. The van der Waals surface area contributed by atoms with Gasteiger partial charge in [0.2, 0.25) is 0 Å². The van der Waals surface area contributed by atoms with Crippen molar-refractivity contribution < 1.29 is 19.4 Å². The largest absolute Gasteiger partial charge is 0.507 e.